The van der Waals surface area contributed by atoms with Crippen LogP contribution in [-0.4, -0.2) is 46.5 Å². The number of amides is 1. The van der Waals surface area contributed by atoms with Gasteiger partial charge in [-0.25, -0.2) is 5.43 Å². The number of ether oxygens (including phenoxy) is 2. The predicted molar refractivity (Wildman–Crippen MR) is 98.5 cm³/mol. The number of benzene rings is 2. The second kappa shape index (κ2) is 8.56. The zero-order chi connectivity index (χ0) is 19.1. The van der Waals surface area contributed by atoms with Crippen molar-refractivity contribution in [2.45, 2.75) is 6.54 Å². The summed E-state index contributed by atoms with van der Waals surface area (Å²) in [6.45, 7) is -0.0986. The van der Waals surface area contributed by atoms with Gasteiger partial charge in [-0.3, -0.25) is 4.79 Å². The molecule has 0 unspecified atom stereocenters. The summed E-state index contributed by atoms with van der Waals surface area (Å²) in [5, 5.41) is 15.9. The number of rotatable bonds is 7. The standard InChI is InChI=1S/C18H18N6O3/c1-26-15-8-13(9-16(10-15)27-2)11-19-20-17(25)12-24-22-18(21-23-24)14-6-4-3-5-7-14/h3-11H,12H2,1-2H3,(H,20,25)/b19-11-. The van der Waals surface area contributed by atoms with Crippen molar-refractivity contribution in [2.75, 3.05) is 14.2 Å². The fourth-order valence-corrected chi connectivity index (χ4v) is 2.26. The summed E-state index contributed by atoms with van der Waals surface area (Å²) < 4.78 is 10.4. The molecule has 3 aromatic rings. The third-order valence-electron chi connectivity index (χ3n) is 3.55. The number of aromatic nitrogens is 4. The smallest absolute Gasteiger partial charge is 0.263 e. The lowest BCUT2D eigenvalue weighted by Crippen LogP contribution is -2.24. The topological polar surface area (TPSA) is 104 Å². The van der Waals surface area contributed by atoms with E-state index >= 15 is 0 Å². The average Bonchev–Trinajstić information content (AvgIpc) is 3.16. The highest BCUT2D eigenvalue weighted by atomic mass is 16.5. The van der Waals surface area contributed by atoms with E-state index in [1.54, 1.807) is 32.4 Å². The molecule has 3 rings (SSSR count). The Hall–Kier alpha value is -3.75. The van der Waals surface area contributed by atoms with Crippen molar-refractivity contribution < 1.29 is 14.3 Å². The van der Waals surface area contributed by atoms with E-state index in [1.807, 2.05) is 30.3 Å². The molecule has 0 fully saturated rings. The first-order valence-electron chi connectivity index (χ1n) is 8.06. The maximum Gasteiger partial charge on any atom is 0.263 e. The predicted octanol–water partition coefficient (Wildman–Crippen LogP) is 1.51. The zero-order valence-corrected chi connectivity index (χ0v) is 14.9. The molecule has 0 aliphatic rings. The van der Waals surface area contributed by atoms with Gasteiger partial charge in [0.15, 0.2) is 0 Å². The third-order valence-corrected chi connectivity index (χ3v) is 3.55. The lowest BCUT2D eigenvalue weighted by Gasteiger charge is -2.05. The fourth-order valence-electron chi connectivity index (χ4n) is 2.26. The number of hydrazone groups is 1. The Bertz CT molecular complexity index is 917. The minimum absolute atomic E-state index is 0.0986. The Morgan fingerprint density at radius 3 is 2.52 bits per heavy atom. The SMILES string of the molecule is COc1cc(/C=N\NC(=O)Cn2nnc(-c3ccccc3)n2)cc(OC)c1. The summed E-state index contributed by atoms with van der Waals surface area (Å²) in [6.07, 6.45) is 1.49. The Labute approximate surface area is 155 Å². The molecule has 0 atom stereocenters. The molecule has 0 spiro atoms. The van der Waals surface area contributed by atoms with Crippen molar-refractivity contribution in [3.8, 4) is 22.9 Å². The summed E-state index contributed by atoms with van der Waals surface area (Å²) >= 11 is 0. The maximum absolute atomic E-state index is 12.0. The van der Waals surface area contributed by atoms with Gasteiger partial charge < -0.3 is 9.47 Å². The van der Waals surface area contributed by atoms with E-state index in [0.29, 0.717) is 17.3 Å². The van der Waals surface area contributed by atoms with Gasteiger partial charge in [-0.2, -0.15) is 9.90 Å². The summed E-state index contributed by atoms with van der Waals surface area (Å²) in [7, 11) is 3.12. The molecule has 0 radical (unpaired) electrons. The van der Waals surface area contributed by atoms with Gasteiger partial charge in [0.25, 0.3) is 5.91 Å². The molecule has 0 saturated heterocycles. The van der Waals surface area contributed by atoms with Crippen LogP contribution in [0.5, 0.6) is 11.5 Å². The van der Waals surface area contributed by atoms with E-state index in [1.165, 1.54) is 11.0 Å². The maximum atomic E-state index is 12.0. The van der Waals surface area contributed by atoms with Crippen molar-refractivity contribution in [2.24, 2.45) is 5.10 Å². The molecule has 0 aliphatic carbocycles. The van der Waals surface area contributed by atoms with Crippen LogP contribution >= 0.6 is 0 Å². The fraction of sp³-hybridized carbons (Fsp3) is 0.167. The van der Waals surface area contributed by atoms with Crippen LogP contribution in [0.15, 0.2) is 53.6 Å². The highest BCUT2D eigenvalue weighted by Gasteiger charge is 2.08. The highest BCUT2D eigenvalue weighted by Crippen LogP contribution is 2.21. The van der Waals surface area contributed by atoms with Crippen LogP contribution in [0.2, 0.25) is 0 Å². The molecular formula is C18H18N6O3. The normalized spacial score (nSPS) is 10.7. The Kier molecular flexibility index (Phi) is 5.73. The zero-order valence-electron chi connectivity index (χ0n) is 14.9. The van der Waals surface area contributed by atoms with E-state index in [9.17, 15) is 4.79 Å². The van der Waals surface area contributed by atoms with Crippen molar-refractivity contribution in [3.05, 3.63) is 54.1 Å². The molecule has 1 N–H and O–H groups in total. The molecule has 1 heterocycles. The van der Waals surface area contributed by atoms with Crippen molar-refractivity contribution in [1.82, 2.24) is 25.6 Å². The van der Waals surface area contributed by atoms with Crippen LogP contribution in [0.25, 0.3) is 11.4 Å². The molecule has 1 amide bonds. The van der Waals surface area contributed by atoms with E-state index < -0.39 is 0 Å². The first-order chi connectivity index (χ1) is 13.2. The molecule has 0 bridgehead atoms. The number of tetrazole rings is 1. The second-order valence-electron chi connectivity index (χ2n) is 5.45. The van der Waals surface area contributed by atoms with Crippen LogP contribution in [0.1, 0.15) is 5.56 Å². The van der Waals surface area contributed by atoms with Crippen molar-refractivity contribution in [3.63, 3.8) is 0 Å². The number of methoxy groups -OCH3 is 2. The van der Waals surface area contributed by atoms with Crippen molar-refractivity contribution in [1.29, 1.82) is 0 Å². The molecule has 9 heteroatoms. The van der Waals surface area contributed by atoms with Crippen LogP contribution < -0.4 is 14.9 Å². The molecular weight excluding hydrogens is 348 g/mol. The van der Waals surface area contributed by atoms with Gasteiger partial charge in [0, 0.05) is 17.2 Å². The van der Waals surface area contributed by atoms with Gasteiger partial charge in [-0.15, -0.1) is 10.2 Å². The van der Waals surface area contributed by atoms with E-state index in [0.717, 1.165) is 11.1 Å². The van der Waals surface area contributed by atoms with E-state index in [2.05, 4.69) is 25.9 Å². The number of hydrogen-bond acceptors (Lipinski definition) is 7. The largest absolute Gasteiger partial charge is 0.497 e. The first kappa shape index (κ1) is 18.1. The van der Waals surface area contributed by atoms with Crippen molar-refractivity contribution >= 4 is 12.1 Å². The first-order valence-corrected chi connectivity index (χ1v) is 8.06. The minimum atomic E-state index is -0.377. The number of hydrogen-bond donors (Lipinski definition) is 1. The van der Waals surface area contributed by atoms with Gasteiger partial charge in [0.2, 0.25) is 5.82 Å². The highest BCUT2D eigenvalue weighted by molar-refractivity contribution is 5.83. The van der Waals surface area contributed by atoms with Gasteiger partial charge >= 0.3 is 0 Å². The summed E-state index contributed by atoms with van der Waals surface area (Å²) in [4.78, 5) is 13.2. The molecule has 138 valence electrons. The lowest BCUT2D eigenvalue weighted by molar-refractivity contribution is -0.122. The Morgan fingerprint density at radius 2 is 1.85 bits per heavy atom. The van der Waals surface area contributed by atoms with E-state index in [4.69, 9.17) is 9.47 Å². The number of carbonyl (C=O) groups is 1. The quantitative estimate of drug-likeness (QED) is 0.502. The van der Waals surface area contributed by atoms with Crippen LogP contribution in [-0.2, 0) is 11.3 Å². The molecule has 2 aromatic carbocycles. The summed E-state index contributed by atoms with van der Waals surface area (Å²) in [5.74, 6) is 1.33. The summed E-state index contributed by atoms with van der Waals surface area (Å²) in [5.41, 5.74) is 3.97. The van der Waals surface area contributed by atoms with Crippen LogP contribution in [0, 0.1) is 0 Å². The number of nitrogens with one attached hydrogen (secondary N) is 1. The Balaban J connectivity index is 1.59. The molecule has 1 aromatic heterocycles. The molecule has 0 aliphatic heterocycles. The number of nitrogens with zero attached hydrogens (tertiary/aromatic N) is 5. The molecule has 9 nitrogen and oxygen atoms in total. The monoisotopic (exact) mass is 366 g/mol. The van der Waals surface area contributed by atoms with Gasteiger partial charge in [0.1, 0.15) is 18.0 Å². The van der Waals surface area contributed by atoms with Crippen LogP contribution in [0.4, 0.5) is 0 Å². The van der Waals surface area contributed by atoms with E-state index in [-0.39, 0.29) is 12.5 Å². The van der Waals surface area contributed by atoms with Gasteiger partial charge in [-0.05, 0) is 17.3 Å². The van der Waals surface area contributed by atoms with Gasteiger partial charge in [-0.1, -0.05) is 30.3 Å². The minimum Gasteiger partial charge on any atom is -0.497 e. The molecule has 27 heavy (non-hydrogen) atoms. The number of carbonyl (C=O) groups excluding carboxylic acids is 1. The summed E-state index contributed by atoms with van der Waals surface area (Å²) in [6, 6.07) is 14.7. The average molecular weight is 366 g/mol. The lowest BCUT2D eigenvalue weighted by atomic mass is 10.2. The third kappa shape index (κ3) is 4.88. The van der Waals surface area contributed by atoms with Crippen LogP contribution in [0.3, 0.4) is 0 Å². The second-order valence-corrected chi connectivity index (χ2v) is 5.45. The van der Waals surface area contributed by atoms with Gasteiger partial charge in [0.05, 0.1) is 20.4 Å². The molecule has 0 saturated carbocycles. The Morgan fingerprint density at radius 1 is 1.15 bits per heavy atom.